The highest BCUT2D eigenvalue weighted by Gasteiger charge is 2.35. The second-order valence-electron chi connectivity index (χ2n) is 9.09. The molecule has 8 heteroatoms. The Morgan fingerprint density at radius 2 is 2.03 bits per heavy atom. The first-order chi connectivity index (χ1) is 15.7. The third kappa shape index (κ3) is 4.11. The van der Waals surface area contributed by atoms with E-state index in [1.54, 1.807) is 6.07 Å². The summed E-state index contributed by atoms with van der Waals surface area (Å²) in [5, 5.41) is 28.0. The smallest absolute Gasteiger partial charge is 0.273 e. The van der Waals surface area contributed by atoms with Gasteiger partial charge < -0.3 is 29.9 Å². The molecule has 2 aromatic rings. The zero-order valence-corrected chi connectivity index (χ0v) is 19.8. The first kappa shape index (κ1) is 22.9. The van der Waals surface area contributed by atoms with Gasteiger partial charge in [-0.3, -0.25) is 4.79 Å². The highest BCUT2D eigenvalue weighted by Crippen LogP contribution is 2.44. The molecule has 8 nitrogen and oxygen atoms in total. The predicted octanol–water partition coefficient (Wildman–Crippen LogP) is 3.76. The minimum absolute atomic E-state index is 0.0204. The van der Waals surface area contributed by atoms with Gasteiger partial charge in [-0.05, 0) is 37.1 Å². The van der Waals surface area contributed by atoms with Gasteiger partial charge >= 0.3 is 0 Å². The monoisotopic (exact) mass is 452 g/mol. The number of phenolic OH excluding ortho intramolecular Hbond substituents is 2. The van der Waals surface area contributed by atoms with Crippen molar-refractivity contribution in [3.05, 3.63) is 52.4 Å². The van der Waals surface area contributed by atoms with Crippen LogP contribution in [-0.4, -0.2) is 64.8 Å². The largest absolute Gasteiger partial charge is 0.508 e. The summed E-state index contributed by atoms with van der Waals surface area (Å²) in [6.45, 7) is 8.06. The minimum atomic E-state index is -0.324. The Labute approximate surface area is 194 Å². The Morgan fingerprint density at radius 3 is 2.73 bits per heavy atom. The Balaban J connectivity index is 1.87. The van der Waals surface area contributed by atoms with Gasteiger partial charge in [-0.15, -0.1) is 0 Å². The van der Waals surface area contributed by atoms with Gasteiger partial charge in [0.25, 0.3) is 5.91 Å². The summed E-state index contributed by atoms with van der Waals surface area (Å²) in [7, 11) is 4.12. The molecule has 1 amide bonds. The number of phenols is 2. The minimum Gasteiger partial charge on any atom is -0.508 e. The Kier molecular flexibility index (Phi) is 6.21. The number of aromatic hydroxyl groups is 2. The third-order valence-corrected chi connectivity index (χ3v) is 6.45. The molecule has 1 atom stereocenters. The first-order valence-corrected chi connectivity index (χ1v) is 11.4. The van der Waals surface area contributed by atoms with E-state index in [1.807, 2.05) is 27.8 Å². The number of rotatable bonds is 5. The summed E-state index contributed by atoms with van der Waals surface area (Å²) in [5.74, 6) is -0.0721. The number of benzene rings is 1. The van der Waals surface area contributed by atoms with Crippen molar-refractivity contribution in [2.24, 2.45) is 0 Å². The van der Waals surface area contributed by atoms with Crippen molar-refractivity contribution in [1.29, 1.82) is 0 Å². The SMILES string of the molecule is CCNC(=O)c1noc(-c2cc(C(C)C)c(O)cc2O)c1C1C=CC2=C(CCN(C)C2)N1C. The zero-order chi connectivity index (χ0) is 23.9. The first-order valence-electron chi connectivity index (χ1n) is 11.4. The molecule has 0 saturated heterocycles. The van der Waals surface area contributed by atoms with Gasteiger partial charge in [0.1, 0.15) is 11.5 Å². The van der Waals surface area contributed by atoms with Crippen LogP contribution < -0.4 is 5.32 Å². The normalized spacial score (nSPS) is 18.7. The predicted molar refractivity (Wildman–Crippen MR) is 126 cm³/mol. The number of carbonyl (C=O) groups excluding carboxylic acids is 1. The van der Waals surface area contributed by atoms with Crippen molar-refractivity contribution in [2.75, 3.05) is 33.7 Å². The highest BCUT2D eigenvalue weighted by atomic mass is 16.5. The number of likely N-dealkylation sites (N-methyl/N-ethyl adjacent to an activating group) is 2. The summed E-state index contributed by atoms with van der Waals surface area (Å²) >= 11 is 0. The van der Waals surface area contributed by atoms with E-state index < -0.39 is 0 Å². The van der Waals surface area contributed by atoms with Crippen LogP contribution in [0.15, 0.2) is 40.1 Å². The maximum Gasteiger partial charge on any atom is 0.273 e. The van der Waals surface area contributed by atoms with Crippen LogP contribution in [0.2, 0.25) is 0 Å². The molecule has 1 aromatic carbocycles. The molecule has 0 fully saturated rings. The number of hydrogen-bond acceptors (Lipinski definition) is 7. The Bertz CT molecular complexity index is 1130. The molecule has 33 heavy (non-hydrogen) atoms. The molecular weight excluding hydrogens is 420 g/mol. The lowest BCUT2D eigenvalue weighted by Gasteiger charge is -2.39. The Morgan fingerprint density at radius 1 is 1.27 bits per heavy atom. The van der Waals surface area contributed by atoms with E-state index in [4.69, 9.17) is 4.52 Å². The molecule has 2 aliphatic heterocycles. The number of nitrogens with zero attached hydrogens (tertiary/aromatic N) is 3. The molecular formula is C25H32N4O4. The fourth-order valence-electron chi connectivity index (χ4n) is 4.68. The van der Waals surface area contributed by atoms with E-state index in [0.29, 0.717) is 29.0 Å². The van der Waals surface area contributed by atoms with Crippen LogP contribution in [0.25, 0.3) is 11.3 Å². The van der Waals surface area contributed by atoms with Crippen LogP contribution in [0, 0.1) is 0 Å². The zero-order valence-electron chi connectivity index (χ0n) is 19.8. The Hall–Kier alpha value is -3.26. The maximum atomic E-state index is 12.9. The van der Waals surface area contributed by atoms with Crippen LogP contribution in [0.5, 0.6) is 11.5 Å². The van der Waals surface area contributed by atoms with E-state index in [2.05, 4.69) is 39.5 Å². The van der Waals surface area contributed by atoms with Crippen LogP contribution in [0.4, 0.5) is 0 Å². The van der Waals surface area contributed by atoms with E-state index in [0.717, 1.165) is 19.5 Å². The standard InChI is InChI=1S/C25H32N4O4/c1-6-26-25(32)23-22(19-8-7-15-13-28(4)10-9-18(15)29(19)5)24(33-27-23)17-11-16(14(2)3)20(30)12-21(17)31/h7-8,11-12,14,19,30-31H,6,9-10,13H2,1-5H3,(H,26,32). The third-order valence-electron chi connectivity index (χ3n) is 6.45. The van der Waals surface area contributed by atoms with E-state index >= 15 is 0 Å². The molecule has 0 aliphatic carbocycles. The van der Waals surface area contributed by atoms with Crippen molar-refractivity contribution >= 4 is 5.91 Å². The van der Waals surface area contributed by atoms with Crippen molar-refractivity contribution in [3.63, 3.8) is 0 Å². The molecule has 176 valence electrons. The number of carbonyl (C=O) groups is 1. The summed E-state index contributed by atoms with van der Waals surface area (Å²) in [6.07, 6.45) is 5.07. The van der Waals surface area contributed by atoms with Gasteiger partial charge in [0.2, 0.25) is 0 Å². The van der Waals surface area contributed by atoms with Crippen molar-refractivity contribution in [1.82, 2.24) is 20.3 Å². The fraction of sp³-hybridized carbons (Fsp3) is 0.440. The highest BCUT2D eigenvalue weighted by molar-refractivity contribution is 5.96. The van der Waals surface area contributed by atoms with Gasteiger partial charge in [-0.25, -0.2) is 0 Å². The summed E-state index contributed by atoms with van der Waals surface area (Å²) < 4.78 is 5.72. The molecule has 0 radical (unpaired) electrons. The molecule has 3 heterocycles. The quantitative estimate of drug-likeness (QED) is 0.635. The summed E-state index contributed by atoms with van der Waals surface area (Å²) in [6, 6.07) is 2.75. The van der Waals surface area contributed by atoms with Gasteiger partial charge in [-0.2, -0.15) is 0 Å². The van der Waals surface area contributed by atoms with Gasteiger partial charge in [0.15, 0.2) is 11.5 Å². The molecule has 4 rings (SSSR count). The molecule has 0 spiro atoms. The molecule has 1 aromatic heterocycles. The molecule has 0 saturated carbocycles. The average molecular weight is 453 g/mol. The second kappa shape index (κ2) is 8.94. The van der Waals surface area contributed by atoms with Crippen molar-refractivity contribution < 1.29 is 19.5 Å². The van der Waals surface area contributed by atoms with Crippen LogP contribution in [0.1, 0.15) is 60.8 Å². The van der Waals surface area contributed by atoms with Gasteiger partial charge in [-0.1, -0.05) is 31.2 Å². The average Bonchev–Trinajstić information content (AvgIpc) is 3.18. The van der Waals surface area contributed by atoms with E-state index in [9.17, 15) is 15.0 Å². The van der Waals surface area contributed by atoms with Crippen LogP contribution >= 0.6 is 0 Å². The summed E-state index contributed by atoms with van der Waals surface area (Å²) in [4.78, 5) is 17.4. The molecule has 3 N–H and O–H groups in total. The maximum absolute atomic E-state index is 12.9. The lowest BCUT2D eigenvalue weighted by Crippen LogP contribution is -2.36. The lowest BCUT2D eigenvalue weighted by molar-refractivity contribution is 0.0945. The van der Waals surface area contributed by atoms with E-state index in [-0.39, 0.29) is 35.1 Å². The van der Waals surface area contributed by atoms with Gasteiger partial charge in [0.05, 0.1) is 17.2 Å². The fourth-order valence-corrected chi connectivity index (χ4v) is 4.68. The van der Waals surface area contributed by atoms with E-state index in [1.165, 1.54) is 17.3 Å². The topological polar surface area (TPSA) is 102 Å². The number of amides is 1. The molecule has 1 unspecified atom stereocenters. The van der Waals surface area contributed by atoms with Crippen molar-refractivity contribution in [2.45, 2.75) is 39.2 Å². The molecule has 2 aliphatic rings. The number of nitrogens with one attached hydrogen (secondary N) is 1. The lowest BCUT2D eigenvalue weighted by atomic mass is 9.90. The van der Waals surface area contributed by atoms with Gasteiger partial charge in [0, 0.05) is 44.9 Å². The van der Waals surface area contributed by atoms with Crippen LogP contribution in [0.3, 0.4) is 0 Å². The summed E-state index contributed by atoms with van der Waals surface area (Å²) in [5.41, 5.74) is 4.36. The molecule has 0 bridgehead atoms. The van der Waals surface area contributed by atoms with Crippen molar-refractivity contribution in [3.8, 4) is 22.8 Å². The number of aromatic nitrogens is 1. The number of hydrogen-bond donors (Lipinski definition) is 3. The second-order valence-corrected chi connectivity index (χ2v) is 9.09. The van der Waals surface area contributed by atoms with Crippen LogP contribution in [-0.2, 0) is 0 Å².